The van der Waals surface area contributed by atoms with Gasteiger partial charge in [-0.05, 0) is 53.8 Å². The summed E-state index contributed by atoms with van der Waals surface area (Å²) in [4.78, 5) is 12.5. The van der Waals surface area contributed by atoms with Crippen molar-refractivity contribution < 1.29 is 4.79 Å². The number of hydrazone groups is 1. The summed E-state index contributed by atoms with van der Waals surface area (Å²) in [7, 11) is 0. The maximum absolute atomic E-state index is 12.5. The van der Waals surface area contributed by atoms with Crippen LogP contribution in [0, 0.1) is 0 Å². The third-order valence-corrected chi connectivity index (χ3v) is 7.65. The fourth-order valence-corrected chi connectivity index (χ4v) is 5.50. The molecular formula is C29H28ClN5OS. The van der Waals surface area contributed by atoms with Crippen molar-refractivity contribution in [1.29, 1.82) is 0 Å². The molecule has 1 fully saturated rings. The fraction of sp³-hybridized carbons (Fsp3) is 0.241. The van der Waals surface area contributed by atoms with Gasteiger partial charge in [0.25, 0.3) is 5.91 Å². The third kappa shape index (κ3) is 6.48. The smallest absolute Gasteiger partial charge is 0.250 e. The van der Waals surface area contributed by atoms with E-state index in [0.29, 0.717) is 11.1 Å². The van der Waals surface area contributed by atoms with Gasteiger partial charge in [-0.25, -0.2) is 5.43 Å². The van der Waals surface area contributed by atoms with Crippen molar-refractivity contribution in [1.82, 2.24) is 20.2 Å². The molecule has 1 amide bonds. The van der Waals surface area contributed by atoms with Crippen LogP contribution in [0.15, 0.2) is 89.1 Å². The minimum absolute atomic E-state index is 0.187. The second-order valence-electron chi connectivity index (χ2n) is 9.04. The minimum Gasteiger partial charge on any atom is -0.299 e. The van der Waals surface area contributed by atoms with Crippen molar-refractivity contribution in [2.24, 2.45) is 5.10 Å². The molecule has 188 valence electrons. The Balaban J connectivity index is 1.21. The Bertz CT molecular complexity index is 1350. The zero-order valence-electron chi connectivity index (χ0n) is 20.4. The van der Waals surface area contributed by atoms with Crippen molar-refractivity contribution in [3.8, 4) is 22.5 Å². The van der Waals surface area contributed by atoms with E-state index in [1.807, 2.05) is 66.7 Å². The predicted octanol–water partition coefficient (Wildman–Crippen LogP) is 7.01. The molecule has 8 heteroatoms. The van der Waals surface area contributed by atoms with E-state index in [1.54, 1.807) is 6.21 Å². The molecule has 0 saturated heterocycles. The highest BCUT2D eigenvalue weighted by Gasteiger charge is 2.24. The monoisotopic (exact) mass is 529 g/mol. The predicted molar refractivity (Wildman–Crippen MR) is 151 cm³/mol. The zero-order chi connectivity index (χ0) is 25.5. The maximum atomic E-state index is 12.5. The standard InChI is InChI=1S/C29H28ClN5OS/c30-25-17-15-24(16-18-25)28-33-34-29(35(28)26-9-5-2-6-10-26)37-20-27(36)32-31-19-21-11-13-23(14-12-21)22-7-3-1-4-8-22/h1,3-4,7-8,11-19,26H,2,5-6,9-10,20H2,(H,32,36)/b31-19+. The van der Waals surface area contributed by atoms with Gasteiger partial charge < -0.3 is 0 Å². The lowest BCUT2D eigenvalue weighted by molar-refractivity contribution is -0.118. The van der Waals surface area contributed by atoms with Gasteiger partial charge in [0, 0.05) is 16.6 Å². The highest BCUT2D eigenvalue weighted by Crippen LogP contribution is 2.35. The SMILES string of the molecule is O=C(CSc1nnc(-c2ccc(Cl)cc2)n1C1CCCCC1)N/N=C/c1ccc(-c2ccccc2)cc1. The highest BCUT2D eigenvalue weighted by atomic mass is 35.5. The van der Waals surface area contributed by atoms with Gasteiger partial charge in [0.2, 0.25) is 0 Å². The van der Waals surface area contributed by atoms with Crippen molar-refractivity contribution in [3.63, 3.8) is 0 Å². The van der Waals surface area contributed by atoms with E-state index < -0.39 is 0 Å². The number of benzene rings is 3. The number of hydrogen-bond donors (Lipinski definition) is 1. The van der Waals surface area contributed by atoms with Gasteiger partial charge in [-0.15, -0.1) is 10.2 Å². The average molecular weight is 530 g/mol. The van der Waals surface area contributed by atoms with Crippen molar-refractivity contribution in [2.75, 3.05) is 5.75 Å². The molecule has 0 unspecified atom stereocenters. The number of carbonyl (C=O) groups excluding carboxylic acids is 1. The average Bonchev–Trinajstić information content (AvgIpc) is 3.38. The van der Waals surface area contributed by atoms with Crippen LogP contribution in [-0.4, -0.2) is 32.6 Å². The van der Waals surface area contributed by atoms with Crippen molar-refractivity contribution in [2.45, 2.75) is 43.3 Å². The van der Waals surface area contributed by atoms with Gasteiger partial charge in [-0.1, -0.05) is 97.2 Å². The lowest BCUT2D eigenvalue weighted by Gasteiger charge is -2.25. The summed E-state index contributed by atoms with van der Waals surface area (Å²) in [5, 5.41) is 14.5. The largest absolute Gasteiger partial charge is 0.299 e. The number of rotatable bonds is 8. The maximum Gasteiger partial charge on any atom is 0.250 e. The van der Waals surface area contributed by atoms with Crippen LogP contribution in [0.2, 0.25) is 5.02 Å². The molecule has 1 heterocycles. The second-order valence-corrected chi connectivity index (χ2v) is 10.4. The first-order chi connectivity index (χ1) is 18.2. The molecule has 0 aliphatic heterocycles. The molecule has 0 spiro atoms. The quantitative estimate of drug-likeness (QED) is 0.151. The minimum atomic E-state index is -0.187. The summed E-state index contributed by atoms with van der Waals surface area (Å²) >= 11 is 7.48. The molecule has 5 rings (SSSR count). The molecule has 0 bridgehead atoms. The van der Waals surface area contributed by atoms with Gasteiger partial charge in [-0.2, -0.15) is 5.10 Å². The molecular weight excluding hydrogens is 502 g/mol. The zero-order valence-corrected chi connectivity index (χ0v) is 22.0. The van der Waals surface area contributed by atoms with Gasteiger partial charge in [0.15, 0.2) is 11.0 Å². The van der Waals surface area contributed by atoms with Crippen LogP contribution in [0.1, 0.15) is 43.7 Å². The molecule has 1 saturated carbocycles. The van der Waals surface area contributed by atoms with Gasteiger partial charge >= 0.3 is 0 Å². The van der Waals surface area contributed by atoms with E-state index in [-0.39, 0.29) is 11.7 Å². The van der Waals surface area contributed by atoms with Crippen LogP contribution in [0.5, 0.6) is 0 Å². The lowest BCUT2D eigenvalue weighted by atomic mass is 9.95. The molecule has 3 aromatic carbocycles. The van der Waals surface area contributed by atoms with Gasteiger partial charge in [0.05, 0.1) is 12.0 Å². The highest BCUT2D eigenvalue weighted by molar-refractivity contribution is 7.99. The summed E-state index contributed by atoms with van der Waals surface area (Å²) in [6.07, 6.45) is 7.47. The van der Waals surface area contributed by atoms with Crippen molar-refractivity contribution in [3.05, 3.63) is 89.4 Å². The summed E-state index contributed by atoms with van der Waals surface area (Å²) in [5.74, 6) is 0.840. The second kappa shape index (κ2) is 12.2. The lowest BCUT2D eigenvalue weighted by Crippen LogP contribution is -2.20. The number of thioether (sulfide) groups is 1. The number of hydrogen-bond acceptors (Lipinski definition) is 5. The first kappa shape index (κ1) is 25.2. The Morgan fingerprint density at radius 3 is 2.32 bits per heavy atom. The Hall–Kier alpha value is -3.42. The Morgan fingerprint density at radius 1 is 0.919 bits per heavy atom. The number of amides is 1. The van der Waals surface area contributed by atoms with E-state index in [4.69, 9.17) is 11.6 Å². The van der Waals surface area contributed by atoms with E-state index in [0.717, 1.165) is 46.1 Å². The van der Waals surface area contributed by atoms with Crippen LogP contribution < -0.4 is 5.43 Å². The molecule has 0 atom stereocenters. The number of nitrogens with one attached hydrogen (secondary N) is 1. The normalized spacial score (nSPS) is 14.2. The molecule has 4 aromatic rings. The first-order valence-corrected chi connectivity index (χ1v) is 13.8. The molecule has 0 radical (unpaired) electrons. The van der Waals surface area contributed by atoms with Crippen LogP contribution in [0.4, 0.5) is 0 Å². The molecule has 37 heavy (non-hydrogen) atoms. The van der Waals surface area contributed by atoms with Gasteiger partial charge in [0.1, 0.15) is 0 Å². The van der Waals surface area contributed by atoms with E-state index >= 15 is 0 Å². The van der Waals surface area contributed by atoms with Crippen LogP contribution in [0.25, 0.3) is 22.5 Å². The Labute approximate surface area is 226 Å². The molecule has 1 aliphatic carbocycles. The third-order valence-electron chi connectivity index (χ3n) is 6.46. The number of aromatic nitrogens is 3. The number of nitrogens with zero attached hydrogens (tertiary/aromatic N) is 4. The summed E-state index contributed by atoms with van der Waals surface area (Å²) in [6.45, 7) is 0. The fourth-order valence-electron chi connectivity index (χ4n) is 4.57. The van der Waals surface area contributed by atoms with E-state index in [1.165, 1.54) is 31.0 Å². The molecule has 1 aromatic heterocycles. The molecule has 1 N–H and O–H groups in total. The van der Waals surface area contributed by atoms with Crippen molar-refractivity contribution >= 4 is 35.5 Å². The Morgan fingerprint density at radius 2 is 1.59 bits per heavy atom. The summed E-state index contributed by atoms with van der Waals surface area (Å²) in [6, 6.07) is 26.3. The molecule has 6 nitrogen and oxygen atoms in total. The van der Waals surface area contributed by atoms with Gasteiger partial charge in [-0.3, -0.25) is 9.36 Å². The Kier molecular flexibility index (Phi) is 8.33. The molecule has 1 aliphatic rings. The topological polar surface area (TPSA) is 72.2 Å². The summed E-state index contributed by atoms with van der Waals surface area (Å²) in [5.41, 5.74) is 6.82. The number of carbonyl (C=O) groups is 1. The van der Waals surface area contributed by atoms with Crippen LogP contribution in [-0.2, 0) is 4.79 Å². The number of halogens is 1. The first-order valence-electron chi connectivity index (χ1n) is 12.5. The summed E-state index contributed by atoms with van der Waals surface area (Å²) < 4.78 is 2.21. The van der Waals surface area contributed by atoms with E-state index in [2.05, 4.69) is 37.4 Å². The van der Waals surface area contributed by atoms with Crippen LogP contribution >= 0.6 is 23.4 Å². The van der Waals surface area contributed by atoms with Crippen LogP contribution in [0.3, 0.4) is 0 Å². The van der Waals surface area contributed by atoms with E-state index in [9.17, 15) is 4.79 Å².